The lowest BCUT2D eigenvalue weighted by Gasteiger charge is -2.36. The normalized spacial score (nSPS) is 15.4. The summed E-state index contributed by atoms with van der Waals surface area (Å²) in [6, 6.07) is 5.87. The second-order valence-corrected chi connectivity index (χ2v) is 4.93. The van der Waals surface area contributed by atoms with Crippen molar-refractivity contribution in [3.05, 3.63) is 23.9 Å². The molecule has 0 atom stereocenters. The number of hydrogen-bond donors (Lipinski definition) is 1. The summed E-state index contributed by atoms with van der Waals surface area (Å²) in [5.74, 6) is 0.115. The number of hydrogen-bond acceptors (Lipinski definition) is 4. The lowest BCUT2D eigenvalue weighted by molar-refractivity contribution is -0.129. The summed E-state index contributed by atoms with van der Waals surface area (Å²) < 4.78 is 0. The van der Waals surface area contributed by atoms with Gasteiger partial charge in [0.25, 0.3) is 0 Å². The number of nitrogens with one attached hydrogen (secondary N) is 1. The van der Waals surface area contributed by atoms with Gasteiger partial charge in [0, 0.05) is 44.2 Å². The van der Waals surface area contributed by atoms with Crippen molar-refractivity contribution in [1.29, 1.82) is 5.26 Å². The smallest absolute Gasteiger partial charge is 0.219 e. The molecule has 1 aromatic carbocycles. The monoisotopic (exact) mass is 269 g/mol. The zero-order valence-corrected chi connectivity index (χ0v) is 11.3. The van der Waals surface area contributed by atoms with Crippen LogP contribution in [0.5, 0.6) is 0 Å². The first-order valence-corrected chi connectivity index (χ1v) is 6.57. The van der Waals surface area contributed by atoms with Crippen molar-refractivity contribution in [2.75, 3.05) is 31.1 Å². The van der Waals surface area contributed by atoms with Gasteiger partial charge in [-0.3, -0.25) is 9.89 Å². The Morgan fingerprint density at radius 1 is 1.35 bits per heavy atom. The number of anilines is 1. The predicted molar refractivity (Wildman–Crippen MR) is 75.3 cm³/mol. The number of amides is 1. The van der Waals surface area contributed by atoms with Gasteiger partial charge in [0.1, 0.15) is 0 Å². The first-order chi connectivity index (χ1) is 9.69. The molecule has 0 spiro atoms. The molecule has 1 N–H and O–H groups in total. The van der Waals surface area contributed by atoms with Crippen LogP contribution < -0.4 is 4.90 Å². The number of carbonyl (C=O) groups excluding carboxylic acids is 1. The summed E-state index contributed by atoms with van der Waals surface area (Å²) in [5.41, 5.74) is 2.50. The van der Waals surface area contributed by atoms with Crippen LogP contribution in [0.15, 0.2) is 18.3 Å². The van der Waals surface area contributed by atoms with Gasteiger partial charge in [-0.05, 0) is 12.1 Å². The highest BCUT2D eigenvalue weighted by molar-refractivity contribution is 5.93. The summed E-state index contributed by atoms with van der Waals surface area (Å²) in [6.45, 7) is 4.57. The lowest BCUT2D eigenvalue weighted by atomic mass is 10.1. The molecule has 2 aromatic rings. The van der Waals surface area contributed by atoms with Crippen LogP contribution >= 0.6 is 0 Å². The van der Waals surface area contributed by atoms with E-state index in [-0.39, 0.29) is 5.91 Å². The second-order valence-electron chi connectivity index (χ2n) is 4.93. The molecule has 1 aromatic heterocycles. The Kier molecular flexibility index (Phi) is 3.03. The van der Waals surface area contributed by atoms with Crippen molar-refractivity contribution in [2.24, 2.45) is 0 Å². The minimum absolute atomic E-state index is 0.115. The first kappa shape index (κ1) is 12.5. The molecular formula is C14H15N5O. The molecule has 0 bridgehead atoms. The van der Waals surface area contributed by atoms with E-state index < -0.39 is 0 Å². The molecular weight excluding hydrogens is 254 g/mol. The van der Waals surface area contributed by atoms with E-state index in [1.54, 1.807) is 19.2 Å². The SMILES string of the molecule is CC(=O)N1CCN(c2cc(C#N)cc3[nH]ncc23)CC1. The minimum atomic E-state index is 0.115. The Hall–Kier alpha value is -2.55. The molecule has 2 heterocycles. The summed E-state index contributed by atoms with van der Waals surface area (Å²) in [5, 5.41) is 17.1. The highest BCUT2D eigenvalue weighted by Gasteiger charge is 2.21. The van der Waals surface area contributed by atoms with Crippen molar-refractivity contribution >= 4 is 22.5 Å². The van der Waals surface area contributed by atoms with Crippen molar-refractivity contribution in [2.45, 2.75) is 6.92 Å². The molecule has 102 valence electrons. The molecule has 1 aliphatic heterocycles. The van der Waals surface area contributed by atoms with Crippen molar-refractivity contribution in [3.63, 3.8) is 0 Å². The van der Waals surface area contributed by atoms with E-state index in [1.807, 2.05) is 11.0 Å². The van der Waals surface area contributed by atoms with E-state index in [2.05, 4.69) is 21.2 Å². The quantitative estimate of drug-likeness (QED) is 0.841. The molecule has 6 nitrogen and oxygen atoms in total. The van der Waals surface area contributed by atoms with Gasteiger partial charge in [0.2, 0.25) is 5.91 Å². The number of benzene rings is 1. The van der Waals surface area contributed by atoms with Crippen molar-refractivity contribution in [3.8, 4) is 6.07 Å². The maximum atomic E-state index is 11.4. The summed E-state index contributed by atoms with van der Waals surface area (Å²) in [7, 11) is 0. The molecule has 1 aliphatic rings. The topological polar surface area (TPSA) is 76.0 Å². The standard InChI is InChI=1S/C14H15N5O/c1-10(20)18-2-4-19(5-3-18)14-7-11(8-15)6-13-12(14)9-16-17-13/h6-7,9H,2-5H2,1H3,(H,16,17). The van der Waals surface area contributed by atoms with Gasteiger partial charge in [-0.2, -0.15) is 10.4 Å². The molecule has 0 aliphatic carbocycles. The zero-order chi connectivity index (χ0) is 14.1. The van der Waals surface area contributed by atoms with E-state index in [4.69, 9.17) is 5.26 Å². The Labute approximate surface area is 116 Å². The van der Waals surface area contributed by atoms with Gasteiger partial charge < -0.3 is 9.80 Å². The number of H-pyrrole nitrogens is 1. The fraction of sp³-hybridized carbons (Fsp3) is 0.357. The van der Waals surface area contributed by atoms with Crippen LogP contribution in [0.25, 0.3) is 10.9 Å². The minimum Gasteiger partial charge on any atom is -0.367 e. The van der Waals surface area contributed by atoms with Crippen LogP contribution in [-0.4, -0.2) is 47.2 Å². The molecule has 0 saturated carbocycles. The second kappa shape index (κ2) is 4.85. The summed E-state index contributed by atoms with van der Waals surface area (Å²) in [6.07, 6.45) is 1.78. The Morgan fingerprint density at radius 2 is 2.10 bits per heavy atom. The van der Waals surface area contributed by atoms with Gasteiger partial charge in [0.15, 0.2) is 0 Å². The van der Waals surface area contributed by atoms with E-state index >= 15 is 0 Å². The summed E-state index contributed by atoms with van der Waals surface area (Å²) >= 11 is 0. The highest BCUT2D eigenvalue weighted by atomic mass is 16.2. The molecule has 0 unspecified atom stereocenters. The molecule has 1 saturated heterocycles. The van der Waals surface area contributed by atoms with Crippen molar-refractivity contribution < 1.29 is 4.79 Å². The number of rotatable bonds is 1. The van der Waals surface area contributed by atoms with Crippen LogP contribution in [-0.2, 0) is 4.79 Å². The Balaban J connectivity index is 1.93. The van der Waals surface area contributed by atoms with Gasteiger partial charge in [-0.15, -0.1) is 0 Å². The molecule has 1 fully saturated rings. The molecule has 0 radical (unpaired) electrons. The van der Waals surface area contributed by atoms with E-state index in [9.17, 15) is 4.79 Å². The number of nitriles is 1. The number of piperazine rings is 1. The zero-order valence-electron chi connectivity index (χ0n) is 11.3. The lowest BCUT2D eigenvalue weighted by Crippen LogP contribution is -2.48. The van der Waals surface area contributed by atoms with Crippen LogP contribution in [0.4, 0.5) is 5.69 Å². The average molecular weight is 269 g/mol. The van der Waals surface area contributed by atoms with Crippen LogP contribution in [0.3, 0.4) is 0 Å². The third kappa shape index (κ3) is 2.07. The molecule has 3 rings (SSSR count). The van der Waals surface area contributed by atoms with Crippen LogP contribution in [0.2, 0.25) is 0 Å². The molecule has 6 heteroatoms. The van der Waals surface area contributed by atoms with Crippen LogP contribution in [0, 0.1) is 11.3 Å². The Morgan fingerprint density at radius 3 is 2.75 bits per heavy atom. The number of carbonyl (C=O) groups is 1. The fourth-order valence-corrected chi connectivity index (χ4v) is 2.62. The third-order valence-corrected chi connectivity index (χ3v) is 3.73. The van der Waals surface area contributed by atoms with Gasteiger partial charge >= 0.3 is 0 Å². The van der Waals surface area contributed by atoms with E-state index in [0.29, 0.717) is 18.7 Å². The number of fused-ring (bicyclic) bond motifs is 1. The van der Waals surface area contributed by atoms with Gasteiger partial charge in [-0.25, -0.2) is 0 Å². The summed E-state index contributed by atoms with van der Waals surface area (Å²) in [4.78, 5) is 15.4. The van der Waals surface area contributed by atoms with Gasteiger partial charge in [-0.1, -0.05) is 0 Å². The Bertz CT molecular complexity index is 691. The number of aromatic amines is 1. The average Bonchev–Trinajstić information content (AvgIpc) is 2.94. The predicted octanol–water partition coefficient (Wildman–Crippen LogP) is 1.10. The maximum absolute atomic E-state index is 11.4. The molecule has 1 amide bonds. The van der Waals surface area contributed by atoms with Gasteiger partial charge in [0.05, 0.1) is 23.3 Å². The fourth-order valence-electron chi connectivity index (χ4n) is 2.62. The van der Waals surface area contributed by atoms with Crippen molar-refractivity contribution in [1.82, 2.24) is 15.1 Å². The highest BCUT2D eigenvalue weighted by Crippen LogP contribution is 2.28. The maximum Gasteiger partial charge on any atom is 0.219 e. The van der Waals surface area contributed by atoms with E-state index in [0.717, 1.165) is 29.7 Å². The largest absolute Gasteiger partial charge is 0.367 e. The first-order valence-electron chi connectivity index (χ1n) is 6.57. The third-order valence-electron chi connectivity index (χ3n) is 3.73. The number of aromatic nitrogens is 2. The number of nitrogens with zero attached hydrogens (tertiary/aromatic N) is 4. The molecule has 20 heavy (non-hydrogen) atoms. The van der Waals surface area contributed by atoms with Crippen LogP contribution in [0.1, 0.15) is 12.5 Å². The van der Waals surface area contributed by atoms with E-state index in [1.165, 1.54) is 0 Å².